The highest BCUT2D eigenvalue weighted by Gasteiger charge is 2.48. The summed E-state index contributed by atoms with van der Waals surface area (Å²) in [7, 11) is 0. The molecule has 1 heterocycles. The average molecular weight is 399 g/mol. The number of carboxylic acids is 1. The van der Waals surface area contributed by atoms with E-state index in [1.165, 1.54) is 0 Å². The van der Waals surface area contributed by atoms with Gasteiger partial charge in [-0.05, 0) is 31.9 Å². The van der Waals surface area contributed by atoms with Gasteiger partial charge >= 0.3 is 12.1 Å². The largest absolute Gasteiger partial charge is 0.491 e. The van der Waals surface area contributed by atoms with Crippen molar-refractivity contribution in [2.75, 3.05) is 6.61 Å². The second kappa shape index (κ2) is 9.20. The number of carbonyl (C=O) groups is 2. The Morgan fingerprint density at radius 3 is 2.32 bits per heavy atom. The van der Waals surface area contributed by atoms with Crippen molar-refractivity contribution >= 4 is 12.1 Å². The minimum atomic E-state index is -1.86. The van der Waals surface area contributed by atoms with Gasteiger partial charge in [-0.3, -0.25) is 0 Å². The van der Waals surface area contributed by atoms with Gasteiger partial charge in [0.05, 0.1) is 6.04 Å². The zero-order chi connectivity index (χ0) is 21.0. The van der Waals surface area contributed by atoms with E-state index in [1.807, 2.05) is 32.0 Å². The van der Waals surface area contributed by atoms with E-state index in [-0.39, 0.29) is 6.61 Å². The number of hydrogen-bond donors (Lipinski definition) is 5. The van der Waals surface area contributed by atoms with E-state index in [9.17, 15) is 24.9 Å². The molecule has 1 fully saturated rings. The van der Waals surface area contributed by atoms with Crippen molar-refractivity contribution in [1.29, 1.82) is 0 Å². The van der Waals surface area contributed by atoms with Crippen molar-refractivity contribution < 1.29 is 44.2 Å². The van der Waals surface area contributed by atoms with E-state index >= 15 is 0 Å². The smallest absolute Gasteiger partial charge is 0.409 e. The summed E-state index contributed by atoms with van der Waals surface area (Å²) in [5.41, 5.74) is 1.89. The summed E-state index contributed by atoms with van der Waals surface area (Å²) in [5.74, 6) is -0.861. The number of aliphatic carboxylic acids is 1. The van der Waals surface area contributed by atoms with Crippen molar-refractivity contribution in [2.24, 2.45) is 0 Å². The first-order chi connectivity index (χ1) is 13.1. The summed E-state index contributed by atoms with van der Waals surface area (Å²) in [6.07, 6.45) is -10.1. The number of ether oxygens (including phenoxy) is 3. The van der Waals surface area contributed by atoms with Crippen LogP contribution in [0.4, 0.5) is 4.79 Å². The summed E-state index contributed by atoms with van der Waals surface area (Å²) in [6.45, 7) is 5.59. The third-order valence-electron chi connectivity index (χ3n) is 4.29. The Balaban J connectivity index is 1.89. The molecule has 1 aromatic carbocycles. The number of benzene rings is 1. The lowest BCUT2D eigenvalue weighted by atomic mass is 9.99. The van der Waals surface area contributed by atoms with Gasteiger partial charge in [0.25, 0.3) is 0 Å². The molecule has 28 heavy (non-hydrogen) atoms. The number of aliphatic hydroxyl groups is 3. The number of alkyl carbamates (subject to hydrolysis) is 1. The molecule has 5 N–H and O–H groups in total. The van der Waals surface area contributed by atoms with Gasteiger partial charge in [-0.15, -0.1) is 0 Å². The Bertz CT molecular complexity index is 690. The van der Waals surface area contributed by atoms with Crippen molar-refractivity contribution in [3.63, 3.8) is 0 Å². The van der Waals surface area contributed by atoms with E-state index in [2.05, 4.69) is 5.32 Å². The molecule has 4 unspecified atom stereocenters. The maximum absolute atomic E-state index is 12.0. The predicted octanol–water partition coefficient (Wildman–Crippen LogP) is -0.311. The normalized spacial score (nSPS) is 28.3. The van der Waals surface area contributed by atoms with Crippen LogP contribution in [0.15, 0.2) is 18.2 Å². The van der Waals surface area contributed by atoms with Crippen molar-refractivity contribution in [3.8, 4) is 5.75 Å². The number of amides is 1. The lowest BCUT2D eigenvalue weighted by Crippen LogP contribution is -2.61. The van der Waals surface area contributed by atoms with Gasteiger partial charge in [0.1, 0.15) is 30.7 Å². The number of carboxylic acid groups (broad SMARTS) is 1. The molecule has 1 amide bonds. The molecule has 2 rings (SSSR count). The van der Waals surface area contributed by atoms with E-state index in [1.54, 1.807) is 6.92 Å². The Morgan fingerprint density at radius 1 is 1.14 bits per heavy atom. The van der Waals surface area contributed by atoms with E-state index < -0.39 is 48.8 Å². The van der Waals surface area contributed by atoms with E-state index in [0.717, 1.165) is 11.1 Å². The molecule has 0 bridgehead atoms. The van der Waals surface area contributed by atoms with Crippen LogP contribution in [0.25, 0.3) is 0 Å². The van der Waals surface area contributed by atoms with Gasteiger partial charge in [0.2, 0.25) is 6.29 Å². The summed E-state index contributed by atoms with van der Waals surface area (Å²) >= 11 is 0. The number of aliphatic hydroxyl groups excluding tert-OH is 3. The summed E-state index contributed by atoms with van der Waals surface area (Å²) in [4.78, 5) is 23.1. The van der Waals surface area contributed by atoms with E-state index in [0.29, 0.717) is 5.75 Å². The Morgan fingerprint density at radius 2 is 1.75 bits per heavy atom. The SMILES string of the molecule is Cc1cccc(C)c1OCC(C)NC(=O)O[C@@H]1OC(C(=O)O)[C@@H](O)C(O)C1O. The molecule has 1 aromatic rings. The molecule has 6 atom stereocenters. The summed E-state index contributed by atoms with van der Waals surface area (Å²) < 4.78 is 15.5. The molecule has 156 valence electrons. The Labute approximate surface area is 161 Å². The van der Waals surface area contributed by atoms with Crippen LogP contribution < -0.4 is 10.1 Å². The molecule has 10 heteroatoms. The highest BCUT2D eigenvalue weighted by molar-refractivity contribution is 5.73. The van der Waals surface area contributed by atoms with Crippen LogP contribution in [0.5, 0.6) is 5.75 Å². The first-order valence-corrected chi connectivity index (χ1v) is 8.70. The van der Waals surface area contributed by atoms with Gasteiger partial charge < -0.3 is 40.0 Å². The Hall–Kier alpha value is -2.40. The molecule has 0 aliphatic carbocycles. The first kappa shape index (κ1) is 21.9. The lowest BCUT2D eigenvalue weighted by Gasteiger charge is -2.38. The fraction of sp³-hybridized carbons (Fsp3) is 0.556. The molecule has 0 spiro atoms. The van der Waals surface area contributed by atoms with Crippen LogP contribution in [0.3, 0.4) is 0 Å². The van der Waals surface area contributed by atoms with Crippen LogP contribution in [0, 0.1) is 13.8 Å². The second-order valence-electron chi connectivity index (χ2n) is 6.72. The lowest BCUT2D eigenvalue weighted by molar-refractivity contribution is -0.278. The van der Waals surface area contributed by atoms with Crippen molar-refractivity contribution in [1.82, 2.24) is 5.32 Å². The van der Waals surface area contributed by atoms with E-state index in [4.69, 9.17) is 19.3 Å². The van der Waals surface area contributed by atoms with Crippen LogP contribution in [0.2, 0.25) is 0 Å². The predicted molar refractivity (Wildman–Crippen MR) is 94.8 cm³/mol. The zero-order valence-corrected chi connectivity index (χ0v) is 15.7. The molecular formula is C18H25NO9. The van der Waals surface area contributed by atoms with Crippen molar-refractivity contribution in [2.45, 2.75) is 57.5 Å². The minimum Gasteiger partial charge on any atom is -0.491 e. The molecule has 0 radical (unpaired) electrons. The number of para-hydroxylation sites is 1. The molecule has 0 saturated carbocycles. The van der Waals surface area contributed by atoms with Crippen molar-refractivity contribution in [3.05, 3.63) is 29.3 Å². The Kier molecular flexibility index (Phi) is 7.19. The molecular weight excluding hydrogens is 374 g/mol. The number of carbonyl (C=O) groups excluding carboxylic acids is 1. The third-order valence-corrected chi connectivity index (χ3v) is 4.29. The maximum atomic E-state index is 12.0. The molecule has 1 saturated heterocycles. The third kappa shape index (κ3) is 5.10. The van der Waals surface area contributed by atoms with Crippen LogP contribution in [-0.2, 0) is 14.3 Å². The van der Waals surface area contributed by atoms with Gasteiger partial charge in [-0.2, -0.15) is 0 Å². The first-order valence-electron chi connectivity index (χ1n) is 8.70. The fourth-order valence-corrected chi connectivity index (χ4v) is 2.77. The number of hydrogen-bond acceptors (Lipinski definition) is 8. The minimum absolute atomic E-state index is 0.133. The molecule has 1 aliphatic heterocycles. The quantitative estimate of drug-likeness (QED) is 0.433. The van der Waals surface area contributed by atoms with Gasteiger partial charge in [0, 0.05) is 0 Å². The summed E-state index contributed by atoms with van der Waals surface area (Å²) in [5, 5.41) is 40.6. The highest BCUT2D eigenvalue weighted by Crippen LogP contribution is 2.23. The monoisotopic (exact) mass is 399 g/mol. The van der Waals surface area contributed by atoms with Crippen LogP contribution in [0.1, 0.15) is 18.1 Å². The van der Waals surface area contributed by atoms with Gasteiger partial charge in [-0.25, -0.2) is 9.59 Å². The zero-order valence-electron chi connectivity index (χ0n) is 15.7. The average Bonchev–Trinajstić information content (AvgIpc) is 2.61. The number of nitrogens with one attached hydrogen (secondary N) is 1. The fourth-order valence-electron chi connectivity index (χ4n) is 2.77. The summed E-state index contributed by atoms with van der Waals surface area (Å²) in [6, 6.07) is 5.21. The highest BCUT2D eigenvalue weighted by atomic mass is 16.7. The molecule has 1 aliphatic rings. The molecule has 0 aromatic heterocycles. The maximum Gasteiger partial charge on any atom is 0.409 e. The topological polar surface area (TPSA) is 155 Å². The number of rotatable bonds is 6. The second-order valence-corrected chi connectivity index (χ2v) is 6.72. The van der Waals surface area contributed by atoms with Crippen LogP contribution >= 0.6 is 0 Å². The standard InChI is InChI=1S/C18H25NO9/c1-8-5-4-6-9(2)14(8)26-7-10(3)19-18(25)28-17-13(22)11(20)12(21)15(27-17)16(23)24/h4-6,10-13,15,17,20-22H,7H2,1-3H3,(H,19,25)(H,23,24)/t10?,11?,12-,13?,15?,17-/m0/s1. The molecule has 10 nitrogen and oxygen atoms in total. The van der Waals surface area contributed by atoms with Gasteiger partial charge in [-0.1, -0.05) is 18.2 Å². The van der Waals surface area contributed by atoms with Gasteiger partial charge in [0.15, 0.2) is 6.10 Å². The number of aryl methyl sites for hydroxylation is 2. The van der Waals surface area contributed by atoms with Crippen LogP contribution in [-0.4, -0.2) is 75.8 Å².